The molecule has 0 spiro atoms. The lowest BCUT2D eigenvalue weighted by Crippen LogP contribution is -1.83. The Morgan fingerprint density at radius 3 is 2.89 bits per heavy atom. The Morgan fingerprint density at radius 2 is 2.44 bits per heavy atom. The highest BCUT2D eigenvalue weighted by molar-refractivity contribution is 6.18. The number of halogens is 2. The third-order valence-electron chi connectivity index (χ3n) is 0.957. The Labute approximate surface area is 63.5 Å². The van der Waals surface area contributed by atoms with Gasteiger partial charge in [0.1, 0.15) is 6.33 Å². The number of hydrogen-bond acceptors (Lipinski definition) is 1. The lowest BCUT2D eigenvalue weighted by atomic mass is 10.4. The van der Waals surface area contributed by atoms with Gasteiger partial charge in [-0.2, -0.15) is 0 Å². The van der Waals surface area contributed by atoms with Crippen LogP contribution in [0.4, 0.5) is 0 Å². The monoisotopic (exact) mass is 164 g/mol. The predicted molar refractivity (Wildman–Crippen MR) is 37.9 cm³/mol. The number of aromatic nitrogens is 2. The van der Waals surface area contributed by atoms with Gasteiger partial charge < -0.3 is 0 Å². The van der Waals surface area contributed by atoms with E-state index in [2.05, 4.69) is 4.98 Å². The molecule has 0 unspecified atom stereocenters. The summed E-state index contributed by atoms with van der Waals surface area (Å²) in [6, 6.07) is 0. The number of hydrogen-bond donors (Lipinski definition) is 0. The summed E-state index contributed by atoms with van der Waals surface area (Å²) < 4.78 is 1.39. The molecule has 0 aliphatic rings. The van der Waals surface area contributed by atoms with Crippen LogP contribution in [0.5, 0.6) is 0 Å². The number of nitrogens with zero attached hydrogens (tertiary/aromatic N) is 2. The first kappa shape index (κ1) is 6.90. The van der Waals surface area contributed by atoms with Crippen molar-refractivity contribution in [3.63, 3.8) is 0 Å². The first-order valence-electron chi connectivity index (χ1n) is 2.58. The fourth-order valence-corrected chi connectivity index (χ4v) is 0.914. The van der Waals surface area contributed by atoms with Gasteiger partial charge in [0.05, 0.1) is 5.69 Å². The van der Waals surface area contributed by atoms with Crippen LogP contribution in [0.3, 0.4) is 0 Å². The average molecular weight is 165 g/mol. The molecule has 0 aliphatic heterocycles. The molecule has 4 heteroatoms. The molecule has 0 saturated heterocycles. The van der Waals surface area contributed by atoms with Crippen LogP contribution in [0.15, 0.2) is 12.5 Å². The fraction of sp³-hybridized carbons (Fsp3) is 0.400. The van der Waals surface area contributed by atoms with Crippen molar-refractivity contribution in [2.24, 2.45) is 0 Å². The van der Waals surface area contributed by atoms with E-state index in [9.17, 15) is 0 Å². The van der Waals surface area contributed by atoms with Gasteiger partial charge in [0.2, 0.25) is 0 Å². The Kier molecular flexibility index (Phi) is 2.37. The van der Waals surface area contributed by atoms with Crippen molar-refractivity contribution in [3.8, 4) is 0 Å². The van der Waals surface area contributed by atoms with E-state index in [0.29, 0.717) is 5.88 Å². The van der Waals surface area contributed by atoms with Crippen LogP contribution in [-0.4, -0.2) is 15.0 Å². The van der Waals surface area contributed by atoms with Crippen molar-refractivity contribution in [1.82, 2.24) is 9.07 Å². The average Bonchev–Trinajstić information content (AvgIpc) is 2.17. The third kappa shape index (κ3) is 1.88. The molecule has 9 heavy (non-hydrogen) atoms. The second kappa shape index (κ2) is 3.08. The summed E-state index contributed by atoms with van der Waals surface area (Å²) in [4.78, 5) is 3.95. The Bertz CT molecular complexity index is 185. The molecule has 0 fully saturated rings. The Balaban J connectivity index is 2.61. The normalized spacial score (nSPS) is 10.0. The zero-order chi connectivity index (χ0) is 6.69. The van der Waals surface area contributed by atoms with Gasteiger partial charge in [-0.25, -0.2) is 9.07 Å². The summed E-state index contributed by atoms with van der Waals surface area (Å²) in [6.45, 7) is 0. The molecule has 1 aromatic rings. The minimum atomic E-state index is 0.591. The quantitative estimate of drug-likeness (QED) is 0.609. The second-order valence-electron chi connectivity index (χ2n) is 1.65. The zero-order valence-electron chi connectivity index (χ0n) is 4.72. The minimum absolute atomic E-state index is 0.591. The number of imidazole rings is 1. The first-order valence-corrected chi connectivity index (χ1v) is 3.45. The third-order valence-corrected chi connectivity index (χ3v) is 1.33. The van der Waals surface area contributed by atoms with Crippen molar-refractivity contribution < 1.29 is 0 Å². The summed E-state index contributed by atoms with van der Waals surface area (Å²) in [6.07, 6.45) is 4.06. The molecule has 1 rings (SSSR count). The molecular weight excluding hydrogens is 159 g/mol. The topological polar surface area (TPSA) is 17.8 Å². The van der Waals surface area contributed by atoms with Gasteiger partial charge in [0.25, 0.3) is 0 Å². The van der Waals surface area contributed by atoms with E-state index in [4.69, 9.17) is 23.4 Å². The molecule has 1 aromatic heterocycles. The molecule has 0 bridgehead atoms. The van der Waals surface area contributed by atoms with Crippen LogP contribution < -0.4 is 0 Å². The van der Waals surface area contributed by atoms with Crippen LogP contribution in [-0.2, 0) is 6.42 Å². The summed E-state index contributed by atoms with van der Waals surface area (Å²) in [5.74, 6) is 0.591. The molecule has 1 heterocycles. The minimum Gasteiger partial charge on any atom is -0.248 e. The zero-order valence-corrected chi connectivity index (χ0v) is 6.23. The molecule has 50 valence electrons. The molecule has 0 atom stereocenters. The highest BCUT2D eigenvalue weighted by Gasteiger charge is 1.93. The lowest BCUT2D eigenvalue weighted by molar-refractivity contribution is 1.07. The molecular formula is C5H6Cl2N2. The Hall–Kier alpha value is -0.210. The summed E-state index contributed by atoms with van der Waals surface area (Å²) in [5.41, 5.74) is 0.931. The maximum absolute atomic E-state index is 5.51. The predicted octanol–water partition coefficient (Wildman–Crippen LogP) is 1.67. The van der Waals surface area contributed by atoms with Gasteiger partial charge in [-0.1, -0.05) is 0 Å². The largest absolute Gasteiger partial charge is 0.248 e. The van der Waals surface area contributed by atoms with E-state index in [1.807, 2.05) is 0 Å². The first-order chi connectivity index (χ1) is 4.33. The van der Waals surface area contributed by atoms with Gasteiger partial charge in [-0.3, -0.25) is 0 Å². The van der Waals surface area contributed by atoms with E-state index in [1.54, 1.807) is 12.5 Å². The van der Waals surface area contributed by atoms with Gasteiger partial charge in [0.15, 0.2) is 0 Å². The molecule has 0 aliphatic carbocycles. The number of aryl methyl sites for hydroxylation is 1. The van der Waals surface area contributed by atoms with E-state index in [0.717, 1.165) is 12.1 Å². The maximum Gasteiger partial charge on any atom is 0.110 e. The van der Waals surface area contributed by atoms with Crippen molar-refractivity contribution >= 4 is 23.4 Å². The molecule has 0 saturated carbocycles. The lowest BCUT2D eigenvalue weighted by Gasteiger charge is -1.84. The molecule has 2 nitrogen and oxygen atoms in total. The van der Waals surface area contributed by atoms with Crippen molar-refractivity contribution in [3.05, 3.63) is 18.2 Å². The molecule has 0 amide bonds. The van der Waals surface area contributed by atoms with E-state index in [-0.39, 0.29) is 0 Å². The Morgan fingerprint density at radius 1 is 1.67 bits per heavy atom. The van der Waals surface area contributed by atoms with E-state index >= 15 is 0 Å². The highest BCUT2D eigenvalue weighted by atomic mass is 35.5. The van der Waals surface area contributed by atoms with Gasteiger partial charge in [-0.05, 0) is 0 Å². The van der Waals surface area contributed by atoms with Gasteiger partial charge >= 0.3 is 0 Å². The summed E-state index contributed by atoms with van der Waals surface area (Å²) >= 11 is 11.0. The smallest absolute Gasteiger partial charge is 0.110 e. The van der Waals surface area contributed by atoms with Crippen LogP contribution in [0.25, 0.3) is 0 Å². The van der Waals surface area contributed by atoms with Crippen molar-refractivity contribution in [2.45, 2.75) is 6.42 Å². The van der Waals surface area contributed by atoms with Crippen LogP contribution in [0, 0.1) is 0 Å². The van der Waals surface area contributed by atoms with Crippen LogP contribution in [0.2, 0.25) is 0 Å². The highest BCUT2D eigenvalue weighted by Crippen LogP contribution is 1.98. The second-order valence-corrected chi connectivity index (χ2v) is 2.42. The summed E-state index contributed by atoms with van der Waals surface area (Å²) in [7, 11) is 0. The van der Waals surface area contributed by atoms with Gasteiger partial charge in [0, 0.05) is 30.3 Å². The van der Waals surface area contributed by atoms with Crippen molar-refractivity contribution in [1.29, 1.82) is 0 Å². The van der Waals surface area contributed by atoms with E-state index < -0.39 is 0 Å². The summed E-state index contributed by atoms with van der Waals surface area (Å²) in [5, 5.41) is 0. The van der Waals surface area contributed by atoms with Gasteiger partial charge in [-0.15, -0.1) is 11.6 Å². The molecule has 0 radical (unpaired) electrons. The van der Waals surface area contributed by atoms with Crippen molar-refractivity contribution in [2.75, 3.05) is 5.88 Å². The van der Waals surface area contributed by atoms with E-state index in [1.165, 1.54) is 4.09 Å². The van der Waals surface area contributed by atoms with Crippen LogP contribution >= 0.6 is 23.4 Å². The standard InChI is InChI=1S/C5H6Cl2N2/c6-2-1-5-3-9(7)4-8-5/h3-4H,1-2H2. The maximum atomic E-state index is 5.51. The van der Waals surface area contributed by atoms with Crippen LogP contribution in [0.1, 0.15) is 5.69 Å². The molecule has 0 aromatic carbocycles. The number of rotatable bonds is 2. The SMILES string of the molecule is ClCCc1cn(Cl)cn1. The number of alkyl halides is 1. The molecule has 0 N–H and O–H groups in total. The fourth-order valence-electron chi connectivity index (χ4n) is 0.564.